The molecule has 2 amide bonds. The van der Waals surface area contributed by atoms with Gasteiger partial charge in [-0.05, 0) is 81.0 Å². The van der Waals surface area contributed by atoms with E-state index in [0.29, 0.717) is 12.1 Å². The summed E-state index contributed by atoms with van der Waals surface area (Å²) in [7, 11) is -4.16. The molecule has 7 nitrogen and oxygen atoms in total. The van der Waals surface area contributed by atoms with E-state index in [1.807, 2.05) is 94.4 Å². The third-order valence-corrected chi connectivity index (χ3v) is 11.1. The molecule has 252 valence electrons. The topological polar surface area (TPSA) is 86.8 Å². The number of carbonyl (C=O) groups excluding carboxylic acids is 2. The number of sulfonamides is 1. The van der Waals surface area contributed by atoms with Crippen molar-refractivity contribution in [1.29, 1.82) is 0 Å². The zero-order chi connectivity index (χ0) is 34.3. The van der Waals surface area contributed by atoms with Crippen LogP contribution in [0.15, 0.2) is 102 Å². The highest BCUT2D eigenvalue weighted by Gasteiger charge is 2.36. The van der Waals surface area contributed by atoms with Crippen molar-refractivity contribution >= 4 is 27.5 Å². The first-order valence-corrected chi connectivity index (χ1v) is 18.3. The van der Waals surface area contributed by atoms with Crippen LogP contribution < -0.4 is 9.62 Å². The molecule has 0 radical (unpaired) electrons. The summed E-state index contributed by atoms with van der Waals surface area (Å²) in [6, 6.07) is 28.9. The summed E-state index contributed by atoms with van der Waals surface area (Å²) < 4.78 is 30.0. The van der Waals surface area contributed by atoms with Gasteiger partial charge in [-0.15, -0.1) is 0 Å². The lowest BCUT2D eigenvalue weighted by molar-refractivity contribution is -0.140. The van der Waals surface area contributed by atoms with Crippen molar-refractivity contribution in [3.05, 3.63) is 130 Å². The number of aryl methyl sites for hydroxylation is 4. The molecule has 1 aliphatic rings. The van der Waals surface area contributed by atoms with Gasteiger partial charge in [0.1, 0.15) is 12.6 Å². The first kappa shape index (κ1) is 34.9. The molecule has 1 atom stereocenters. The van der Waals surface area contributed by atoms with Crippen LogP contribution in [0.1, 0.15) is 65.5 Å². The zero-order valence-electron chi connectivity index (χ0n) is 28.5. The number of hydrogen-bond acceptors (Lipinski definition) is 4. The fraction of sp³-hybridized carbons (Fsp3) is 0.350. The van der Waals surface area contributed by atoms with Gasteiger partial charge in [-0.3, -0.25) is 13.9 Å². The number of benzene rings is 4. The van der Waals surface area contributed by atoms with Crippen LogP contribution in [0.2, 0.25) is 0 Å². The Morgan fingerprint density at radius 3 is 2.08 bits per heavy atom. The Hall–Kier alpha value is -4.43. The van der Waals surface area contributed by atoms with Gasteiger partial charge in [-0.1, -0.05) is 109 Å². The van der Waals surface area contributed by atoms with Crippen molar-refractivity contribution in [3.63, 3.8) is 0 Å². The highest BCUT2D eigenvalue weighted by atomic mass is 32.2. The number of rotatable bonds is 12. The number of nitrogens with zero attached hydrogens (tertiary/aromatic N) is 2. The summed E-state index contributed by atoms with van der Waals surface area (Å²) >= 11 is 0. The van der Waals surface area contributed by atoms with Gasteiger partial charge in [0, 0.05) is 19.0 Å². The second-order valence-corrected chi connectivity index (χ2v) is 15.0. The van der Waals surface area contributed by atoms with E-state index in [1.165, 1.54) is 4.31 Å². The molecular weight excluding hydrogens is 619 g/mol. The number of nitrogens with one attached hydrogen (secondary N) is 1. The van der Waals surface area contributed by atoms with Gasteiger partial charge in [-0.25, -0.2) is 8.42 Å². The van der Waals surface area contributed by atoms with Gasteiger partial charge in [0.2, 0.25) is 11.8 Å². The minimum atomic E-state index is -4.16. The molecule has 0 aliphatic heterocycles. The van der Waals surface area contributed by atoms with Crippen LogP contribution in [0, 0.1) is 27.7 Å². The van der Waals surface area contributed by atoms with Crippen LogP contribution in [0.5, 0.6) is 0 Å². The third kappa shape index (κ3) is 8.53. The third-order valence-electron chi connectivity index (χ3n) is 9.33. The normalized spacial score (nSPS) is 14.2. The van der Waals surface area contributed by atoms with E-state index in [-0.39, 0.29) is 23.4 Å². The fourth-order valence-corrected chi connectivity index (χ4v) is 7.98. The lowest BCUT2D eigenvalue weighted by atomic mass is 9.94. The number of amides is 2. The minimum Gasteiger partial charge on any atom is -0.352 e. The maximum atomic E-state index is 14.8. The molecule has 1 N–H and O–H groups in total. The van der Waals surface area contributed by atoms with Gasteiger partial charge in [0.15, 0.2) is 0 Å². The SMILES string of the molecule is Cc1ccc(S(=O)(=O)N(CC(=O)N(Cc2ccccc2C)C(Cc2ccccc2)C(=O)NC2CCCCC2)c2ccc(C)cc2C)cc1. The molecule has 0 bridgehead atoms. The summed E-state index contributed by atoms with van der Waals surface area (Å²) in [5, 5.41) is 3.27. The fourth-order valence-electron chi connectivity index (χ4n) is 6.51. The summed E-state index contributed by atoms with van der Waals surface area (Å²) in [6.07, 6.45) is 5.38. The molecule has 5 rings (SSSR count). The standard InChI is InChI=1S/C40H47N3O4S/c1-29-19-22-36(23-20-29)48(46,47)43(37-24-21-30(2)25-32(37)4)28-39(44)42(27-34-16-12-11-13-31(34)3)38(26-33-14-7-5-8-15-33)40(45)41-35-17-9-6-10-18-35/h5,7-8,11-16,19-25,35,38H,6,9-10,17-18,26-28H2,1-4H3,(H,41,45). The maximum Gasteiger partial charge on any atom is 0.264 e. The van der Waals surface area contributed by atoms with Crippen molar-refractivity contribution < 1.29 is 18.0 Å². The molecule has 0 spiro atoms. The lowest BCUT2D eigenvalue weighted by Crippen LogP contribution is -2.55. The van der Waals surface area contributed by atoms with Crippen LogP contribution in [-0.2, 0) is 32.6 Å². The molecule has 1 unspecified atom stereocenters. The summed E-state index contributed by atoms with van der Waals surface area (Å²) in [5.41, 5.74) is 5.88. The average molecular weight is 666 g/mol. The maximum absolute atomic E-state index is 14.8. The summed E-state index contributed by atoms with van der Waals surface area (Å²) in [4.78, 5) is 30.8. The number of hydrogen-bond donors (Lipinski definition) is 1. The Morgan fingerprint density at radius 1 is 0.771 bits per heavy atom. The van der Waals surface area contributed by atoms with E-state index in [0.717, 1.165) is 65.5 Å². The van der Waals surface area contributed by atoms with E-state index >= 15 is 0 Å². The number of anilines is 1. The van der Waals surface area contributed by atoms with Crippen LogP contribution in [0.4, 0.5) is 5.69 Å². The Bertz CT molecular complexity index is 1820. The Morgan fingerprint density at radius 2 is 1.42 bits per heavy atom. The molecule has 0 aromatic heterocycles. The van der Waals surface area contributed by atoms with Crippen LogP contribution >= 0.6 is 0 Å². The predicted octanol–water partition coefficient (Wildman–Crippen LogP) is 7.20. The van der Waals surface area contributed by atoms with Crippen molar-refractivity contribution in [2.24, 2.45) is 0 Å². The molecule has 1 saturated carbocycles. The zero-order valence-corrected chi connectivity index (χ0v) is 29.3. The largest absolute Gasteiger partial charge is 0.352 e. The molecule has 0 saturated heterocycles. The van der Waals surface area contributed by atoms with Crippen LogP contribution in [0.25, 0.3) is 0 Å². The minimum absolute atomic E-state index is 0.0496. The molecule has 4 aromatic rings. The Labute approximate surface area is 286 Å². The molecule has 1 aliphatic carbocycles. The van der Waals surface area contributed by atoms with E-state index in [2.05, 4.69) is 5.32 Å². The summed E-state index contributed by atoms with van der Waals surface area (Å²) in [5.74, 6) is -0.666. The van der Waals surface area contributed by atoms with Gasteiger partial charge in [0.25, 0.3) is 10.0 Å². The highest BCUT2D eigenvalue weighted by molar-refractivity contribution is 7.92. The highest BCUT2D eigenvalue weighted by Crippen LogP contribution is 2.29. The molecular formula is C40H47N3O4S. The first-order chi connectivity index (χ1) is 23.0. The van der Waals surface area contributed by atoms with E-state index in [9.17, 15) is 18.0 Å². The van der Waals surface area contributed by atoms with Crippen LogP contribution in [-0.4, -0.2) is 43.8 Å². The molecule has 48 heavy (non-hydrogen) atoms. The van der Waals surface area contributed by atoms with Crippen molar-refractivity contribution in [3.8, 4) is 0 Å². The predicted molar refractivity (Wildman–Crippen MR) is 192 cm³/mol. The van der Waals surface area contributed by atoms with E-state index < -0.39 is 28.5 Å². The molecule has 4 aromatic carbocycles. The smallest absolute Gasteiger partial charge is 0.264 e. The van der Waals surface area contributed by atoms with Gasteiger partial charge in [0.05, 0.1) is 10.6 Å². The first-order valence-electron chi connectivity index (χ1n) is 16.9. The Kier molecular flexibility index (Phi) is 11.4. The van der Waals surface area contributed by atoms with Gasteiger partial charge < -0.3 is 10.2 Å². The van der Waals surface area contributed by atoms with Gasteiger partial charge in [-0.2, -0.15) is 0 Å². The molecule has 8 heteroatoms. The van der Waals surface area contributed by atoms with Crippen molar-refractivity contribution in [2.45, 2.75) is 89.7 Å². The van der Waals surface area contributed by atoms with E-state index in [1.54, 1.807) is 35.2 Å². The summed E-state index contributed by atoms with van der Waals surface area (Å²) in [6.45, 7) is 7.38. The average Bonchev–Trinajstić information content (AvgIpc) is 3.07. The second kappa shape index (κ2) is 15.6. The monoisotopic (exact) mass is 665 g/mol. The van der Waals surface area contributed by atoms with Crippen molar-refractivity contribution in [1.82, 2.24) is 10.2 Å². The molecule has 0 heterocycles. The van der Waals surface area contributed by atoms with Crippen LogP contribution in [0.3, 0.4) is 0 Å². The molecule has 1 fully saturated rings. The Balaban J connectivity index is 1.59. The van der Waals surface area contributed by atoms with Gasteiger partial charge >= 0.3 is 0 Å². The quantitative estimate of drug-likeness (QED) is 0.173. The lowest BCUT2D eigenvalue weighted by Gasteiger charge is -2.35. The second-order valence-electron chi connectivity index (χ2n) is 13.1. The number of carbonyl (C=O) groups is 2. The van der Waals surface area contributed by atoms with E-state index in [4.69, 9.17) is 0 Å². The van der Waals surface area contributed by atoms with Crippen molar-refractivity contribution in [2.75, 3.05) is 10.8 Å².